The predicted octanol–water partition coefficient (Wildman–Crippen LogP) is 9.04. The zero-order valence-corrected chi connectivity index (χ0v) is 19.9. The summed E-state index contributed by atoms with van der Waals surface area (Å²) in [6.45, 7) is 0.553. The van der Waals surface area contributed by atoms with Gasteiger partial charge in [-0.3, -0.25) is 0 Å². The summed E-state index contributed by atoms with van der Waals surface area (Å²) in [5.74, 6) is 0. The van der Waals surface area contributed by atoms with Crippen molar-refractivity contribution in [3.8, 4) is 33.4 Å². The number of rotatable bonds is 4. The lowest BCUT2D eigenvalue weighted by Crippen LogP contribution is -1.95. The van der Waals surface area contributed by atoms with Crippen molar-refractivity contribution < 1.29 is 0 Å². The van der Waals surface area contributed by atoms with Crippen molar-refractivity contribution >= 4 is 32.3 Å². The lowest BCUT2D eigenvalue weighted by atomic mass is 9.85. The van der Waals surface area contributed by atoms with Gasteiger partial charge in [-0.05, 0) is 77.3 Å². The summed E-state index contributed by atoms with van der Waals surface area (Å²) in [7, 11) is 0. The number of benzene rings is 7. The summed E-state index contributed by atoms with van der Waals surface area (Å²) in [5.41, 5.74) is 14.5. The largest absolute Gasteiger partial charge is 0.326 e. The molecule has 36 heavy (non-hydrogen) atoms. The maximum Gasteiger partial charge on any atom is 0.0178 e. The molecule has 0 atom stereocenters. The third-order valence-corrected chi connectivity index (χ3v) is 7.45. The van der Waals surface area contributed by atoms with Crippen LogP contribution < -0.4 is 5.73 Å². The quantitative estimate of drug-likeness (QED) is 0.261. The molecule has 0 bridgehead atoms. The number of hydrogen-bond acceptors (Lipinski definition) is 1. The van der Waals surface area contributed by atoms with Gasteiger partial charge in [0.1, 0.15) is 0 Å². The molecule has 0 fully saturated rings. The van der Waals surface area contributed by atoms with Crippen LogP contribution in [0.3, 0.4) is 0 Å². The van der Waals surface area contributed by atoms with E-state index in [4.69, 9.17) is 5.73 Å². The molecule has 7 rings (SSSR count). The highest BCUT2D eigenvalue weighted by atomic mass is 14.5. The third-order valence-electron chi connectivity index (χ3n) is 7.45. The molecule has 2 N–H and O–H groups in total. The molecule has 1 heteroatoms. The molecule has 7 aromatic carbocycles. The number of hydrogen-bond donors (Lipinski definition) is 1. The summed E-state index contributed by atoms with van der Waals surface area (Å²) in [4.78, 5) is 0. The van der Waals surface area contributed by atoms with Crippen LogP contribution in [0.15, 0.2) is 127 Å². The lowest BCUT2D eigenvalue weighted by Gasteiger charge is -2.18. The molecule has 7 aromatic rings. The molecule has 0 unspecified atom stereocenters. The molecule has 0 saturated heterocycles. The normalized spacial score (nSPS) is 11.6. The summed E-state index contributed by atoms with van der Waals surface area (Å²) >= 11 is 0. The van der Waals surface area contributed by atoms with E-state index in [1.165, 1.54) is 65.7 Å². The Morgan fingerprint density at radius 3 is 1.53 bits per heavy atom. The highest BCUT2D eigenvalue weighted by Crippen LogP contribution is 2.44. The molecule has 0 aliphatic rings. The Labute approximate surface area is 210 Å². The van der Waals surface area contributed by atoms with E-state index in [0.29, 0.717) is 6.54 Å². The van der Waals surface area contributed by atoms with Crippen LogP contribution >= 0.6 is 0 Å². The standard InChI is InChI=1S/C35H25N/c36-22-23-9-11-26(12-10-23)32-21-33(27-15-13-25(14-16-27)24-5-2-1-3-6-24)31-20-18-29-8-4-7-28-17-19-30(32)35(31)34(28)29/h1-21H,22,36H2. The highest BCUT2D eigenvalue weighted by molar-refractivity contribution is 6.28. The van der Waals surface area contributed by atoms with E-state index in [9.17, 15) is 0 Å². The fourth-order valence-electron chi connectivity index (χ4n) is 5.60. The van der Waals surface area contributed by atoms with Gasteiger partial charge in [-0.25, -0.2) is 0 Å². The topological polar surface area (TPSA) is 26.0 Å². The van der Waals surface area contributed by atoms with Crippen LogP contribution in [0.5, 0.6) is 0 Å². The second-order valence-corrected chi connectivity index (χ2v) is 9.50. The maximum absolute atomic E-state index is 5.88. The Hall–Kier alpha value is -4.46. The minimum atomic E-state index is 0.553. The van der Waals surface area contributed by atoms with Crippen molar-refractivity contribution in [3.63, 3.8) is 0 Å². The van der Waals surface area contributed by atoms with Crippen molar-refractivity contribution in [2.24, 2.45) is 5.73 Å². The van der Waals surface area contributed by atoms with E-state index < -0.39 is 0 Å². The first kappa shape index (κ1) is 20.9. The van der Waals surface area contributed by atoms with Crippen molar-refractivity contribution in [1.82, 2.24) is 0 Å². The van der Waals surface area contributed by atoms with Gasteiger partial charge in [-0.1, -0.05) is 121 Å². The molecule has 0 aliphatic heterocycles. The summed E-state index contributed by atoms with van der Waals surface area (Å²) in [6, 6.07) is 46.3. The number of nitrogens with two attached hydrogens (primary N) is 1. The molecule has 1 nitrogen and oxygen atoms in total. The van der Waals surface area contributed by atoms with Gasteiger partial charge < -0.3 is 5.73 Å². The van der Waals surface area contributed by atoms with Crippen LogP contribution in [0.25, 0.3) is 65.7 Å². The van der Waals surface area contributed by atoms with Crippen LogP contribution in [-0.2, 0) is 6.54 Å². The molecule has 0 spiro atoms. The Morgan fingerprint density at radius 2 is 0.944 bits per heavy atom. The van der Waals surface area contributed by atoms with E-state index in [0.717, 1.165) is 5.56 Å². The molecule has 0 saturated carbocycles. The first-order chi connectivity index (χ1) is 17.8. The highest BCUT2D eigenvalue weighted by Gasteiger charge is 2.16. The van der Waals surface area contributed by atoms with Gasteiger partial charge in [0.05, 0.1) is 0 Å². The van der Waals surface area contributed by atoms with Gasteiger partial charge in [-0.15, -0.1) is 0 Å². The second kappa shape index (κ2) is 8.34. The van der Waals surface area contributed by atoms with E-state index in [1.54, 1.807) is 0 Å². The van der Waals surface area contributed by atoms with Crippen LogP contribution in [0.4, 0.5) is 0 Å². The average Bonchev–Trinajstić information content (AvgIpc) is 2.96. The van der Waals surface area contributed by atoms with Gasteiger partial charge in [-0.2, -0.15) is 0 Å². The molecule has 0 radical (unpaired) electrons. The Kier molecular flexibility index (Phi) is 4.83. The van der Waals surface area contributed by atoms with Crippen LogP contribution in [0.1, 0.15) is 5.56 Å². The molecular formula is C35H25N. The molecule has 0 aromatic heterocycles. The van der Waals surface area contributed by atoms with Crippen molar-refractivity contribution in [2.75, 3.05) is 0 Å². The molecule has 170 valence electrons. The van der Waals surface area contributed by atoms with Gasteiger partial charge in [0.15, 0.2) is 0 Å². The van der Waals surface area contributed by atoms with Gasteiger partial charge in [0.25, 0.3) is 0 Å². The van der Waals surface area contributed by atoms with Crippen molar-refractivity contribution in [1.29, 1.82) is 0 Å². The van der Waals surface area contributed by atoms with E-state index in [2.05, 4.69) is 127 Å². The van der Waals surface area contributed by atoms with E-state index >= 15 is 0 Å². The zero-order valence-electron chi connectivity index (χ0n) is 19.9. The summed E-state index contributed by atoms with van der Waals surface area (Å²) in [5, 5.41) is 7.84. The first-order valence-electron chi connectivity index (χ1n) is 12.5. The van der Waals surface area contributed by atoms with Gasteiger partial charge in [0, 0.05) is 6.54 Å². The fourth-order valence-corrected chi connectivity index (χ4v) is 5.60. The van der Waals surface area contributed by atoms with Crippen LogP contribution in [0, 0.1) is 0 Å². The zero-order chi connectivity index (χ0) is 24.1. The minimum absolute atomic E-state index is 0.553. The average molecular weight is 460 g/mol. The van der Waals surface area contributed by atoms with Crippen molar-refractivity contribution in [3.05, 3.63) is 133 Å². The summed E-state index contributed by atoms with van der Waals surface area (Å²) in [6.07, 6.45) is 0. The Morgan fingerprint density at radius 1 is 0.417 bits per heavy atom. The van der Waals surface area contributed by atoms with E-state index in [1.807, 2.05) is 0 Å². The van der Waals surface area contributed by atoms with Gasteiger partial charge >= 0.3 is 0 Å². The molecule has 0 heterocycles. The van der Waals surface area contributed by atoms with Crippen LogP contribution in [-0.4, -0.2) is 0 Å². The maximum atomic E-state index is 5.88. The Balaban J connectivity index is 1.52. The summed E-state index contributed by atoms with van der Waals surface area (Å²) < 4.78 is 0. The van der Waals surface area contributed by atoms with E-state index in [-0.39, 0.29) is 0 Å². The fraction of sp³-hybridized carbons (Fsp3) is 0.0286. The lowest BCUT2D eigenvalue weighted by molar-refractivity contribution is 1.07. The third kappa shape index (κ3) is 3.29. The van der Waals surface area contributed by atoms with Crippen molar-refractivity contribution in [2.45, 2.75) is 6.54 Å². The minimum Gasteiger partial charge on any atom is -0.326 e. The van der Waals surface area contributed by atoms with Gasteiger partial charge in [0.2, 0.25) is 0 Å². The molecular weight excluding hydrogens is 434 g/mol. The Bertz CT molecular complexity index is 1810. The smallest absolute Gasteiger partial charge is 0.0178 e. The molecule has 0 aliphatic carbocycles. The monoisotopic (exact) mass is 459 g/mol. The SMILES string of the molecule is NCc1ccc(-c2cc(-c3ccc(-c4ccccc4)cc3)c3ccc4cccc5ccc2c3c54)cc1. The molecule has 0 amide bonds. The predicted molar refractivity (Wildman–Crippen MR) is 154 cm³/mol. The first-order valence-corrected chi connectivity index (χ1v) is 12.5. The second-order valence-electron chi connectivity index (χ2n) is 9.50. The van der Waals surface area contributed by atoms with Crippen LogP contribution in [0.2, 0.25) is 0 Å².